The van der Waals surface area contributed by atoms with Gasteiger partial charge in [-0.05, 0) is 67.9 Å². The van der Waals surface area contributed by atoms with Gasteiger partial charge in [0.15, 0.2) is 11.7 Å². The van der Waals surface area contributed by atoms with Gasteiger partial charge in [-0.2, -0.15) is 0 Å². The maximum Gasteiger partial charge on any atom is 0.264 e. The quantitative estimate of drug-likeness (QED) is 0.587. The SMILES string of the molecule is Cc1cc(O)c(NC(=S)NC(=O)COc2ccccc2C)cc1C. The number of ether oxygens (including phenoxy) is 1. The van der Waals surface area contributed by atoms with Crippen molar-refractivity contribution in [3.63, 3.8) is 0 Å². The van der Waals surface area contributed by atoms with Gasteiger partial charge in [0, 0.05) is 0 Å². The first kappa shape index (κ1) is 17.7. The number of carbonyl (C=O) groups is 1. The summed E-state index contributed by atoms with van der Waals surface area (Å²) in [6, 6.07) is 10.9. The summed E-state index contributed by atoms with van der Waals surface area (Å²) in [5.74, 6) is 0.350. The molecule has 0 atom stereocenters. The number of aromatic hydroxyl groups is 1. The summed E-state index contributed by atoms with van der Waals surface area (Å²) in [7, 11) is 0. The summed E-state index contributed by atoms with van der Waals surface area (Å²) >= 11 is 5.09. The molecule has 0 saturated heterocycles. The lowest BCUT2D eigenvalue weighted by Gasteiger charge is -2.13. The molecule has 0 heterocycles. The molecule has 0 unspecified atom stereocenters. The molecule has 3 N–H and O–H groups in total. The fourth-order valence-corrected chi connectivity index (χ4v) is 2.30. The van der Waals surface area contributed by atoms with Gasteiger partial charge in [-0.3, -0.25) is 10.1 Å². The third-order valence-corrected chi connectivity index (χ3v) is 3.77. The van der Waals surface area contributed by atoms with E-state index >= 15 is 0 Å². The Hall–Kier alpha value is -2.60. The molecule has 0 aliphatic heterocycles. The number of hydrogen-bond donors (Lipinski definition) is 3. The molecule has 126 valence electrons. The number of carbonyl (C=O) groups excluding carboxylic acids is 1. The van der Waals surface area contributed by atoms with Gasteiger partial charge in [-0.15, -0.1) is 0 Å². The van der Waals surface area contributed by atoms with Gasteiger partial charge in [0.05, 0.1) is 5.69 Å². The molecule has 24 heavy (non-hydrogen) atoms. The number of benzene rings is 2. The summed E-state index contributed by atoms with van der Waals surface area (Å²) in [5.41, 5.74) is 3.38. The highest BCUT2D eigenvalue weighted by atomic mass is 32.1. The van der Waals surface area contributed by atoms with Gasteiger partial charge < -0.3 is 15.2 Å². The molecule has 1 amide bonds. The molecule has 0 spiro atoms. The lowest BCUT2D eigenvalue weighted by molar-refractivity contribution is -0.121. The molecule has 5 nitrogen and oxygen atoms in total. The van der Waals surface area contributed by atoms with Crippen LogP contribution in [0.2, 0.25) is 0 Å². The monoisotopic (exact) mass is 344 g/mol. The van der Waals surface area contributed by atoms with Crippen molar-refractivity contribution in [2.45, 2.75) is 20.8 Å². The van der Waals surface area contributed by atoms with Crippen molar-refractivity contribution in [1.82, 2.24) is 5.32 Å². The molecule has 0 saturated carbocycles. The molecular formula is C18H20N2O3S. The number of amides is 1. The number of thiocarbonyl (C=S) groups is 1. The van der Waals surface area contributed by atoms with E-state index in [0.717, 1.165) is 16.7 Å². The topological polar surface area (TPSA) is 70.6 Å². The summed E-state index contributed by atoms with van der Waals surface area (Å²) in [5, 5.41) is 15.4. The average molecular weight is 344 g/mol. The normalized spacial score (nSPS) is 10.1. The van der Waals surface area contributed by atoms with Crippen LogP contribution in [0.15, 0.2) is 36.4 Å². The summed E-state index contributed by atoms with van der Waals surface area (Å²) in [6.07, 6.45) is 0. The van der Waals surface area contributed by atoms with Gasteiger partial charge in [-0.25, -0.2) is 0 Å². The third kappa shape index (κ3) is 4.70. The van der Waals surface area contributed by atoms with Gasteiger partial charge in [0.1, 0.15) is 11.5 Å². The second-order valence-electron chi connectivity index (χ2n) is 5.51. The van der Waals surface area contributed by atoms with Crippen molar-refractivity contribution in [1.29, 1.82) is 0 Å². The van der Waals surface area contributed by atoms with E-state index in [2.05, 4.69) is 10.6 Å². The number of para-hydroxylation sites is 1. The summed E-state index contributed by atoms with van der Waals surface area (Å²) in [6.45, 7) is 5.59. The molecule has 0 aliphatic carbocycles. The highest BCUT2D eigenvalue weighted by molar-refractivity contribution is 7.80. The number of phenols is 1. The maximum atomic E-state index is 11.9. The number of phenolic OH excluding ortho intramolecular Hbond substituents is 1. The Labute approximate surface area is 146 Å². The molecule has 2 aromatic carbocycles. The van der Waals surface area contributed by atoms with Gasteiger partial charge in [0.2, 0.25) is 0 Å². The molecule has 0 aromatic heterocycles. The second kappa shape index (κ2) is 7.79. The van der Waals surface area contributed by atoms with E-state index in [9.17, 15) is 9.90 Å². The minimum atomic E-state index is -0.376. The highest BCUT2D eigenvalue weighted by Crippen LogP contribution is 2.26. The number of hydrogen-bond acceptors (Lipinski definition) is 4. The first-order valence-electron chi connectivity index (χ1n) is 7.46. The Balaban J connectivity index is 1.89. The van der Waals surface area contributed by atoms with Crippen LogP contribution < -0.4 is 15.4 Å². The first-order valence-corrected chi connectivity index (χ1v) is 7.87. The fourth-order valence-electron chi connectivity index (χ4n) is 2.08. The molecule has 0 aliphatic rings. The highest BCUT2D eigenvalue weighted by Gasteiger charge is 2.10. The van der Waals surface area contributed by atoms with Crippen molar-refractivity contribution >= 4 is 28.9 Å². The Morgan fingerprint density at radius 2 is 1.79 bits per heavy atom. The van der Waals surface area contributed by atoms with Crippen molar-refractivity contribution in [2.75, 3.05) is 11.9 Å². The zero-order valence-electron chi connectivity index (χ0n) is 13.8. The maximum absolute atomic E-state index is 11.9. The molecule has 0 bridgehead atoms. The zero-order valence-corrected chi connectivity index (χ0v) is 14.7. The Morgan fingerprint density at radius 1 is 1.12 bits per heavy atom. The van der Waals surface area contributed by atoms with E-state index in [1.165, 1.54) is 0 Å². The summed E-state index contributed by atoms with van der Waals surface area (Å²) < 4.78 is 5.46. The van der Waals surface area contributed by atoms with E-state index in [1.54, 1.807) is 18.2 Å². The van der Waals surface area contributed by atoms with Crippen LogP contribution in [0.5, 0.6) is 11.5 Å². The Morgan fingerprint density at radius 3 is 2.50 bits per heavy atom. The van der Waals surface area contributed by atoms with Crippen LogP contribution in [0, 0.1) is 20.8 Å². The zero-order chi connectivity index (χ0) is 17.7. The molecular weight excluding hydrogens is 324 g/mol. The van der Waals surface area contributed by atoms with Crippen molar-refractivity contribution in [2.24, 2.45) is 0 Å². The predicted molar refractivity (Wildman–Crippen MR) is 98.6 cm³/mol. The Bertz CT molecular complexity index is 775. The van der Waals surface area contributed by atoms with Crippen LogP contribution in [-0.2, 0) is 4.79 Å². The second-order valence-corrected chi connectivity index (χ2v) is 5.92. The molecule has 0 fully saturated rings. The number of nitrogens with one attached hydrogen (secondary N) is 2. The van der Waals surface area contributed by atoms with Crippen LogP contribution in [0.1, 0.15) is 16.7 Å². The number of rotatable bonds is 4. The lowest BCUT2D eigenvalue weighted by Crippen LogP contribution is -2.37. The van der Waals surface area contributed by atoms with E-state index in [-0.39, 0.29) is 23.4 Å². The standard InChI is InChI=1S/C18H20N2O3S/c1-11-6-4-5-7-16(11)23-10-17(22)20-18(24)19-14-8-12(2)13(3)9-15(14)21/h4-9,21H,10H2,1-3H3,(H2,19,20,22,24). The van der Waals surface area contributed by atoms with Crippen LogP contribution in [0.3, 0.4) is 0 Å². The van der Waals surface area contributed by atoms with Gasteiger partial charge in [-0.1, -0.05) is 18.2 Å². The van der Waals surface area contributed by atoms with Crippen molar-refractivity contribution in [3.05, 3.63) is 53.1 Å². The smallest absolute Gasteiger partial charge is 0.264 e. The minimum Gasteiger partial charge on any atom is -0.506 e. The summed E-state index contributed by atoms with van der Waals surface area (Å²) in [4.78, 5) is 11.9. The van der Waals surface area contributed by atoms with Gasteiger partial charge >= 0.3 is 0 Å². The molecule has 2 rings (SSSR count). The molecule has 0 radical (unpaired) electrons. The number of anilines is 1. The lowest BCUT2D eigenvalue weighted by atomic mass is 10.1. The van der Waals surface area contributed by atoms with E-state index in [0.29, 0.717) is 11.4 Å². The van der Waals surface area contributed by atoms with Crippen LogP contribution >= 0.6 is 12.2 Å². The Kier molecular flexibility index (Phi) is 5.76. The molecule has 6 heteroatoms. The molecule has 2 aromatic rings. The van der Waals surface area contributed by atoms with E-state index < -0.39 is 0 Å². The number of aryl methyl sites for hydroxylation is 3. The van der Waals surface area contributed by atoms with Crippen LogP contribution in [0.4, 0.5) is 5.69 Å². The largest absolute Gasteiger partial charge is 0.506 e. The van der Waals surface area contributed by atoms with Crippen LogP contribution in [-0.4, -0.2) is 22.7 Å². The average Bonchev–Trinajstić information content (AvgIpc) is 2.51. The van der Waals surface area contributed by atoms with E-state index in [1.807, 2.05) is 39.0 Å². The van der Waals surface area contributed by atoms with Crippen LogP contribution in [0.25, 0.3) is 0 Å². The van der Waals surface area contributed by atoms with Crippen molar-refractivity contribution in [3.8, 4) is 11.5 Å². The predicted octanol–water partition coefficient (Wildman–Crippen LogP) is 3.21. The first-order chi connectivity index (χ1) is 11.4. The van der Waals surface area contributed by atoms with Crippen molar-refractivity contribution < 1.29 is 14.6 Å². The fraction of sp³-hybridized carbons (Fsp3) is 0.222. The minimum absolute atomic E-state index is 0.0749. The van der Waals surface area contributed by atoms with Gasteiger partial charge in [0.25, 0.3) is 5.91 Å². The van der Waals surface area contributed by atoms with E-state index in [4.69, 9.17) is 17.0 Å². The third-order valence-electron chi connectivity index (χ3n) is 3.57.